The Morgan fingerprint density at radius 3 is 2.38 bits per heavy atom. The minimum Gasteiger partial charge on any atom is -0.483 e. The third-order valence-electron chi connectivity index (χ3n) is 4.90. The van der Waals surface area contributed by atoms with E-state index in [2.05, 4.69) is 4.72 Å². The van der Waals surface area contributed by atoms with E-state index < -0.39 is 10.0 Å². The molecule has 6 nitrogen and oxygen atoms in total. The van der Waals surface area contributed by atoms with Gasteiger partial charge in [0.25, 0.3) is 15.9 Å². The van der Waals surface area contributed by atoms with Gasteiger partial charge in [-0.25, -0.2) is 12.8 Å². The summed E-state index contributed by atoms with van der Waals surface area (Å²) in [4.78, 5) is 13.8. The van der Waals surface area contributed by atoms with E-state index in [4.69, 9.17) is 4.74 Å². The van der Waals surface area contributed by atoms with E-state index in [1.165, 1.54) is 29.2 Å². The number of carbonyl (C=O) groups is 1. The number of carbonyl (C=O) groups excluding carboxylic acids is 1. The first kappa shape index (κ1) is 23.3. The number of benzene rings is 3. The third kappa shape index (κ3) is 5.85. The number of aryl methyl sites for hydroxylation is 2. The van der Waals surface area contributed by atoms with E-state index in [1.807, 2.05) is 19.1 Å². The van der Waals surface area contributed by atoms with Crippen LogP contribution in [0.25, 0.3) is 0 Å². The SMILES string of the molecule is Cc1ccc(NS(=O)(=O)c2ccc(OCC(=O)N(C)Cc3ccccc3F)c(C)c2)cc1. The minimum atomic E-state index is -3.77. The third-order valence-corrected chi connectivity index (χ3v) is 6.28. The summed E-state index contributed by atoms with van der Waals surface area (Å²) in [5.74, 6) is -0.308. The summed E-state index contributed by atoms with van der Waals surface area (Å²) < 4.78 is 47.2. The van der Waals surface area contributed by atoms with Gasteiger partial charge in [-0.1, -0.05) is 35.9 Å². The number of ether oxygens (including phenoxy) is 1. The van der Waals surface area contributed by atoms with Crippen LogP contribution in [0.4, 0.5) is 10.1 Å². The Kier molecular flexibility index (Phi) is 7.15. The highest BCUT2D eigenvalue weighted by Crippen LogP contribution is 2.24. The van der Waals surface area contributed by atoms with Crippen molar-refractivity contribution < 1.29 is 22.3 Å². The van der Waals surface area contributed by atoms with Crippen LogP contribution in [0.3, 0.4) is 0 Å². The second-order valence-electron chi connectivity index (χ2n) is 7.53. The zero-order chi connectivity index (χ0) is 23.3. The van der Waals surface area contributed by atoms with Gasteiger partial charge < -0.3 is 9.64 Å². The van der Waals surface area contributed by atoms with Gasteiger partial charge in [-0.05, 0) is 55.8 Å². The summed E-state index contributed by atoms with van der Waals surface area (Å²) in [5, 5.41) is 0. The lowest BCUT2D eigenvalue weighted by Gasteiger charge is -2.18. The van der Waals surface area contributed by atoms with Crippen LogP contribution < -0.4 is 9.46 Å². The molecule has 0 aromatic heterocycles. The second-order valence-corrected chi connectivity index (χ2v) is 9.21. The number of nitrogens with one attached hydrogen (secondary N) is 1. The molecule has 32 heavy (non-hydrogen) atoms. The Labute approximate surface area is 187 Å². The summed E-state index contributed by atoms with van der Waals surface area (Å²) in [6.07, 6.45) is 0. The molecule has 168 valence electrons. The van der Waals surface area contributed by atoms with Crippen LogP contribution >= 0.6 is 0 Å². The number of likely N-dealkylation sites (N-methyl/N-ethyl adjacent to an activating group) is 1. The number of amides is 1. The molecule has 0 aliphatic heterocycles. The van der Waals surface area contributed by atoms with Crippen LogP contribution in [0.15, 0.2) is 71.6 Å². The van der Waals surface area contributed by atoms with E-state index in [-0.39, 0.29) is 29.8 Å². The molecule has 0 atom stereocenters. The van der Waals surface area contributed by atoms with Crippen molar-refractivity contribution in [3.8, 4) is 5.75 Å². The Balaban J connectivity index is 1.63. The highest BCUT2D eigenvalue weighted by molar-refractivity contribution is 7.92. The van der Waals surface area contributed by atoms with Gasteiger partial charge in [0.2, 0.25) is 0 Å². The first-order chi connectivity index (χ1) is 15.2. The number of anilines is 1. The van der Waals surface area contributed by atoms with Crippen LogP contribution in [0.5, 0.6) is 5.75 Å². The molecule has 3 rings (SSSR count). The lowest BCUT2D eigenvalue weighted by molar-refractivity contribution is -0.132. The molecule has 3 aromatic rings. The first-order valence-electron chi connectivity index (χ1n) is 9.96. The summed E-state index contributed by atoms with van der Waals surface area (Å²) in [5.41, 5.74) is 2.48. The fourth-order valence-electron chi connectivity index (χ4n) is 3.01. The van der Waals surface area contributed by atoms with Crippen LogP contribution in [-0.2, 0) is 21.4 Å². The fourth-order valence-corrected chi connectivity index (χ4v) is 4.15. The van der Waals surface area contributed by atoms with E-state index in [9.17, 15) is 17.6 Å². The van der Waals surface area contributed by atoms with Gasteiger partial charge in [-0.15, -0.1) is 0 Å². The smallest absolute Gasteiger partial charge is 0.261 e. The predicted octanol–water partition coefficient (Wildman–Crippen LogP) is 4.28. The standard InChI is InChI=1S/C24H25FN2O4S/c1-17-8-10-20(11-9-17)26-32(29,30)21-12-13-23(18(2)14-21)31-16-24(28)27(3)15-19-6-4-5-7-22(19)25/h4-14,26H,15-16H2,1-3H3. The number of hydrogen-bond donors (Lipinski definition) is 1. The summed E-state index contributed by atoms with van der Waals surface area (Å²) in [6, 6.07) is 17.7. The summed E-state index contributed by atoms with van der Waals surface area (Å²) in [7, 11) is -2.20. The average molecular weight is 457 g/mol. The van der Waals surface area contributed by atoms with Gasteiger partial charge in [0.15, 0.2) is 6.61 Å². The Bertz CT molecular complexity index is 1210. The fraction of sp³-hybridized carbons (Fsp3) is 0.208. The molecule has 0 radical (unpaired) electrons. The largest absolute Gasteiger partial charge is 0.483 e. The molecule has 3 aromatic carbocycles. The van der Waals surface area contributed by atoms with Gasteiger partial charge in [0.05, 0.1) is 4.90 Å². The maximum Gasteiger partial charge on any atom is 0.261 e. The van der Waals surface area contributed by atoms with Crippen LogP contribution in [0, 0.1) is 19.7 Å². The van der Waals surface area contributed by atoms with Gasteiger partial charge in [0, 0.05) is 24.8 Å². The molecule has 0 bridgehead atoms. The van der Waals surface area contributed by atoms with Gasteiger partial charge in [-0.3, -0.25) is 9.52 Å². The molecule has 0 saturated heterocycles. The van der Waals surface area contributed by atoms with Crippen molar-refractivity contribution in [1.82, 2.24) is 4.90 Å². The van der Waals surface area contributed by atoms with E-state index in [0.717, 1.165) is 5.56 Å². The minimum absolute atomic E-state index is 0.0888. The Hall–Kier alpha value is -3.39. The average Bonchev–Trinajstić information content (AvgIpc) is 2.75. The van der Waals surface area contributed by atoms with Crippen molar-refractivity contribution >= 4 is 21.6 Å². The van der Waals surface area contributed by atoms with Crippen molar-refractivity contribution in [2.45, 2.75) is 25.3 Å². The quantitative estimate of drug-likeness (QED) is 0.549. The maximum atomic E-state index is 13.8. The molecule has 1 N–H and O–H groups in total. The van der Waals surface area contributed by atoms with Gasteiger partial charge in [0.1, 0.15) is 11.6 Å². The molecule has 0 unspecified atom stereocenters. The van der Waals surface area contributed by atoms with Crippen molar-refractivity contribution in [2.75, 3.05) is 18.4 Å². The highest BCUT2D eigenvalue weighted by atomic mass is 32.2. The molecule has 0 saturated carbocycles. The molecule has 0 fully saturated rings. The lowest BCUT2D eigenvalue weighted by Crippen LogP contribution is -2.31. The Morgan fingerprint density at radius 1 is 1.03 bits per heavy atom. The highest BCUT2D eigenvalue weighted by Gasteiger charge is 2.17. The van der Waals surface area contributed by atoms with Crippen LogP contribution in [0.2, 0.25) is 0 Å². The van der Waals surface area contributed by atoms with Crippen molar-refractivity contribution in [3.05, 3.63) is 89.2 Å². The molecule has 8 heteroatoms. The second kappa shape index (κ2) is 9.82. The topological polar surface area (TPSA) is 75.7 Å². The van der Waals surface area contributed by atoms with Crippen LogP contribution in [-0.4, -0.2) is 32.9 Å². The zero-order valence-corrected chi connectivity index (χ0v) is 18.9. The number of sulfonamides is 1. The van der Waals surface area contributed by atoms with Gasteiger partial charge >= 0.3 is 0 Å². The molecular weight excluding hydrogens is 431 g/mol. The van der Waals surface area contributed by atoms with Crippen LogP contribution in [0.1, 0.15) is 16.7 Å². The lowest BCUT2D eigenvalue weighted by atomic mass is 10.2. The van der Waals surface area contributed by atoms with E-state index in [0.29, 0.717) is 22.6 Å². The van der Waals surface area contributed by atoms with Crippen molar-refractivity contribution in [3.63, 3.8) is 0 Å². The molecule has 1 amide bonds. The number of halogens is 1. The molecule has 0 spiro atoms. The molecule has 0 aliphatic carbocycles. The zero-order valence-electron chi connectivity index (χ0n) is 18.1. The van der Waals surface area contributed by atoms with Gasteiger partial charge in [-0.2, -0.15) is 0 Å². The van der Waals surface area contributed by atoms with E-state index >= 15 is 0 Å². The number of nitrogens with zero attached hydrogens (tertiary/aromatic N) is 1. The molecule has 0 aliphatic rings. The summed E-state index contributed by atoms with van der Waals surface area (Å²) in [6.45, 7) is 3.49. The maximum absolute atomic E-state index is 13.8. The molecule has 0 heterocycles. The molecular formula is C24H25FN2O4S. The predicted molar refractivity (Wildman–Crippen MR) is 122 cm³/mol. The normalized spacial score (nSPS) is 11.1. The number of rotatable bonds is 8. The monoisotopic (exact) mass is 456 g/mol. The first-order valence-corrected chi connectivity index (χ1v) is 11.4. The summed E-state index contributed by atoms with van der Waals surface area (Å²) >= 11 is 0. The van der Waals surface area contributed by atoms with Crippen molar-refractivity contribution in [2.24, 2.45) is 0 Å². The number of hydrogen-bond acceptors (Lipinski definition) is 4. The van der Waals surface area contributed by atoms with Crippen molar-refractivity contribution in [1.29, 1.82) is 0 Å². The van der Waals surface area contributed by atoms with E-state index in [1.54, 1.807) is 44.3 Å². The Morgan fingerprint density at radius 2 is 1.72 bits per heavy atom.